The lowest BCUT2D eigenvalue weighted by Crippen LogP contribution is -2.23. The van der Waals surface area contributed by atoms with Crippen molar-refractivity contribution in [2.45, 2.75) is 27.2 Å². The maximum atomic E-state index is 5.61. The van der Waals surface area contributed by atoms with Crippen LogP contribution in [-0.2, 0) is 0 Å². The van der Waals surface area contributed by atoms with Crippen molar-refractivity contribution in [2.75, 3.05) is 30.8 Å². The average Bonchev–Trinajstić information content (AvgIpc) is 2.25. The number of anilines is 2. The fourth-order valence-corrected chi connectivity index (χ4v) is 1.28. The molecule has 0 saturated carbocycles. The van der Waals surface area contributed by atoms with Gasteiger partial charge in [0.2, 0.25) is 11.9 Å². The van der Waals surface area contributed by atoms with Crippen LogP contribution in [0.25, 0.3) is 0 Å². The van der Waals surface area contributed by atoms with Crippen molar-refractivity contribution in [1.29, 1.82) is 0 Å². The second kappa shape index (κ2) is 6.22. The number of nitrogens with two attached hydrogens (primary N) is 1. The normalized spacial score (nSPS) is 10.6. The van der Waals surface area contributed by atoms with Crippen molar-refractivity contribution in [3.05, 3.63) is 0 Å². The van der Waals surface area contributed by atoms with E-state index >= 15 is 0 Å². The maximum absolute atomic E-state index is 5.61. The maximum Gasteiger partial charge on any atom is 0.323 e. The zero-order valence-corrected chi connectivity index (χ0v) is 11.0. The molecule has 0 unspecified atom stereocenters. The highest BCUT2D eigenvalue weighted by atomic mass is 16.5. The Labute approximate surface area is 102 Å². The molecule has 0 aliphatic heterocycles. The molecule has 1 aromatic heterocycles. The smallest absolute Gasteiger partial charge is 0.323 e. The number of nitrogens with zero attached hydrogens (tertiary/aromatic N) is 4. The number of rotatable bonds is 6. The summed E-state index contributed by atoms with van der Waals surface area (Å²) in [6, 6.07) is 0.284. The largest absolute Gasteiger partial charge is 0.464 e. The Bertz CT molecular complexity index is 356. The predicted octanol–water partition coefficient (Wildman–Crippen LogP) is 1.33. The monoisotopic (exact) mass is 239 g/mol. The van der Waals surface area contributed by atoms with E-state index in [0.717, 1.165) is 13.0 Å². The molecule has 96 valence electrons. The third kappa shape index (κ3) is 4.42. The van der Waals surface area contributed by atoms with E-state index in [-0.39, 0.29) is 12.0 Å². The Morgan fingerprint density at radius 1 is 1.29 bits per heavy atom. The third-order valence-electron chi connectivity index (χ3n) is 2.28. The van der Waals surface area contributed by atoms with Crippen molar-refractivity contribution >= 4 is 11.9 Å². The summed E-state index contributed by atoms with van der Waals surface area (Å²) >= 11 is 0. The minimum Gasteiger partial charge on any atom is -0.464 e. The van der Waals surface area contributed by atoms with Crippen LogP contribution in [0.1, 0.15) is 27.2 Å². The molecule has 0 bridgehead atoms. The van der Waals surface area contributed by atoms with Gasteiger partial charge in [-0.1, -0.05) is 13.8 Å². The van der Waals surface area contributed by atoms with E-state index in [4.69, 9.17) is 10.5 Å². The Kier molecular flexibility index (Phi) is 4.93. The number of aromatic nitrogens is 3. The summed E-state index contributed by atoms with van der Waals surface area (Å²) < 4.78 is 5.23. The molecule has 0 amide bonds. The zero-order chi connectivity index (χ0) is 12.8. The summed E-state index contributed by atoms with van der Waals surface area (Å²) in [5, 5.41) is 0. The first-order chi connectivity index (χ1) is 8.02. The van der Waals surface area contributed by atoms with Crippen LogP contribution >= 0.6 is 0 Å². The number of nitrogen functional groups attached to an aromatic ring is 1. The summed E-state index contributed by atoms with van der Waals surface area (Å²) in [5.74, 6) is 1.39. The Hall–Kier alpha value is -1.59. The molecule has 0 atom stereocenters. The third-order valence-corrected chi connectivity index (χ3v) is 2.28. The van der Waals surface area contributed by atoms with E-state index in [9.17, 15) is 0 Å². The molecule has 0 saturated heterocycles. The molecule has 1 rings (SSSR count). The first kappa shape index (κ1) is 13.5. The number of hydrogen-bond donors (Lipinski definition) is 1. The summed E-state index contributed by atoms with van der Waals surface area (Å²) in [6.07, 6.45) is 1.08. The standard InChI is InChI=1S/C11H21N5O/c1-5-17-11-14-9(12)13-10(15-11)16(4)7-6-8(2)3/h8H,5-7H2,1-4H3,(H2,12,13,14,15). The first-order valence-electron chi connectivity index (χ1n) is 5.88. The molecule has 0 fully saturated rings. The van der Waals surface area contributed by atoms with Gasteiger partial charge in [-0.15, -0.1) is 0 Å². The fourth-order valence-electron chi connectivity index (χ4n) is 1.28. The SMILES string of the molecule is CCOc1nc(N)nc(N(C)CCC(C)C)n1. The number of hydrogen-bond acceptors (Lipinski definition) is 6. The van der Waals surface area contributed by atoms with Crippen molar-refractivity contribution in [1.82, 2.24) is 15.0 Å². The molecule has 1 aromatic rings. The van der Waals surface area contributed by atoms with E-state index in [1.54, 1.807) is 0 Å². The van der Waals surface area contributed by atoms with Crippen LogP contribution in [0.2, 0.25) is 0 Å². The molecule has 0 spiro atoms. The molecule has 0 aliphatic carbocycles. The summed E-state index contributed by atoms with van der Waals surface area (Å²) in [6.45, 7) is 7.63. The van der Waals surface area contributed by atoms with E-state index in [2.05, 4.69) is 28.8 Å². The van der Waals surface area contributed by atoms with E-state index in [1.165, 1.54) is 0 Å². The Morgan fingerprint density at radius 2 is 2.00 bits per heavy atom. The lowest BCUT2D eigenvalue weighted by atomic mass is 10.1. The van der Waals surface area contributed by atoms with Crippen LogP contribution in [0.15, 0.2) is 0 Å². The van der Waals surface area contributed by atoms with E-state index in [1.807, 2.05) is 18.9 Å². The minimum atomic E-state index is 0.190. The molecule has 0 radical (unpaired) electrons. The molecule has 6 heteroatoms. The van der Waals surface area contributed by atoms with Crippen LogP contribution in [0, 0.1) is 5.92 Å². The van der Waals surface area contributed by atoms with Crippen molar-refractivity contribution in [2.24, 2.45) is 5.92 Å². The van der Waals surface area contributed by atoms with Gasteiger partial charge in [0.15, 0.2) is 0 Å². The lowest BCUT2D eigenvalue weighted by Gasteiger charge is -2.18. The summed E-state index contributed by atoms with van der Waals surface area (Å²) in [5.41, 5.74) is 5.61. The van der Waals surface area contributed by atoms with E-state index < -0.39 is 0 Å². The van der Waals surface area contributed by atoms with Gasteiger partial charge in [0, 0.05) is 13.6 Å². The molecule has 6 nitrogen and oxygen atoms in total. The van der Waals surface area contributed by atoms with Gasteiger partial charge in [0.1, 0.15) is 0 Å². The Balaban J connectivity index is 2.74. The number of ether oxygens (including phenoxy) is 1. The van der Waals surface area contributed by atoms with Gasteiger partial charge < -0.3 is 15.4 Å². The molecule has 17 heavy (non-hydrogen) atoms. The highest BCUT2D eigenvalue weighted by molar-refractivity contribution is 5.34. The van der Waals surface area contributed by atoms with Gasteiger partial charge in [-0.3, -0.25) is 0 Å². The van der Waals surface area contributed by atoms with Crippen molar-refractivity contribution in [3.63, 3.8) is 0 Å². The highest BCUT2D eigenvalue weighted by Crippen LogP contribution is 2.13. The van der Waals surface area contributed by atoms with Crippen molar-refractivity contribution < 1.29 is 4.74 Å². The molecule has 0 aromatic carbocycles. The van der Waals surface area contributed by atoms with Gasteiger partial charge in [-0.05, 0) is 19.3 Å². The van der Waals surface area contributed by atoms with Gasteiger partial charge in [-0.2, -0.15) is 15.0 Å². The van der Waals surface area contributed by atoms with Crippen LogP contribution in [0.4, 0.5) is 11.9 Å². The van der Waals surface area contributed by atoms with Gasteiger partial charge >= 0.3 is 6.01 Å². The van der Waals surface area contributed by atoms with E-state index in [0.29, 0.717) is 18.5 Å². The zero-order valence-electron chi connectivity index (χ0n) is 11.0. The highest BCUT2D eigenvalue weighted by Gasteiger charge is 2.09. The first-order valence-corrected chi connectivity index (χ1v) is 5.88. The summed E-state index contributed by atoms with van der Waals surface area (Å²) in [4.78, 5) is 14.2. The fraction of sp³-hybridized carbons (Fsp3) is 0.727. The summed E-state index contributed by atoms with van der Waals surface area (Å²) in [7, 11) is 1.94. The topological polar surface area (TPSA) is 77.2 Å². The van der Waals surface area contributed by atoms with Crippen LogP contribution < -0.4 is 15.4 Å². The van der Waals surface area contributed by atoms with Crippen LogP contribution in [0.5, 0.6) is 6.01 Å². The predicted molar refractivity (Wildman–Crippen MR) is 68.1 cm³/mol. The van der Waals surface area contributed by atoms with Gasteiger partial charge in [0.25, 0.3) is 0 Å². The van der Waals surface area contributed by atoms with Crippen LogP contribution in [-0.4, -0.2) is 35.2 Å². The Morgan fingerprint density at radius 3 is 2.59 bits per heavy atom. The van der Waals surface area contributed by atoms with Gasteiger partial charge in [-0.25, -0.2) is 0 Å². The second-order valence-corrected chi connectivity index (χ2v) is 4.31. The molecule has 1 heterocycles. The lowest BCUT2D eigenvalue weighted by molar-refractivity contribution is 0.312. The molecule has 2 N–H and O–H groups in total. The van der Waals surface area contributed by atoms with Crippen LogP contribution in [0.3, 0.4) is 0 Å². The minimum absolute atomic E-state index is 0.190. The quantitative estimate of drug-likeness (QED) is 0.807. The average molecular weight is 239 g/mol. The molecule has 0 aliphatic rings. The van der Waals surface area contributed by atoms with Gasteiger partial charge in [0.05, 0.1) is 6.61 Å². The molecular formula is C11H21N5O. The second-order valence-electron chi connectivity index (χ2n) is 4.31. The molecular weight excluding hydrogens is 218 g/mol. The van der Waals surface area contributed by atoms with Crippen molar-refractivity contribution in [3.8, 4) is 6.01 Å².